The van der Waals surface area contributed by atoms with Crippen LogP contribution in [0.15, 0.2) is 23.3 Å². The summed E-state index contributed by atoms with van der Waals surface area (Å²) in [5.74, 6) is -6.72. The molecule has 1 saturated carbocycles. The summed E-state index contributed by atoms with van der Waals surface area (Å²) in [4.78, 5) is 60.3. The molecule has 0 aromatic heterocycles. The van der Waals surface area contributed by atoms with Crippen LogP contribution in [-0.4, -0.2) is 133 Å². The van der Waals surface area contributed by atoms with E-state index in [2.05, 4.69) is 93.7 Å². The number of carbonyl (C=O) groups is 4. The number of cyclic esters (lactones) is 1. The third kappa shape index (κ3) is 14.4. The zero-order valence-electron chi connectivity index (χ0n) is 47.0. The summed E-state index contributed by atoms with van der Waals surface area (Å²) in [5.41, 5.74) is 1.88. The number of hydrogen-bond acceptors (Lipinski definition) is 12. The Labute approximate surface area is 425 Å². The van der Waals surface area contributed by atoms with Crippen LogP contribution >= 0.6 is 0 Å². The van der Waals surface area contributed by atoms with Crippen LogP contribution in [0.5, 0.6) is 0 Å². The van der Waals surface area contributed by atoms with Crippen molar-refractivity contribution in [3.05, 3.63) is 23.3 Å². The van der Waals surface area contributed by atoms with E-state index in [0.29, 0.717) is 32.1 Å². The zero-order valence-corrected chi connectivity index (χ0v) is 49.0. The fourth-order valence-electron chi connectivity index (χ4n) is 10.8. The van der Waals surface area contributed by atoms with Gasteiger partial charge in [0.1, 0.15) is 24.0 Å². The molecule has 15 heteroatoms. The van der Waals surface area contributed by atoms with E-state index in [-0.39, 0.29) is 71.6 Å². The number of piperidine rings is 1. The largest absolute Gasteiger partial charge is 0.456 e. The number of rotatable bonds is 10. The molecule has 0 radical (unpaired) electrons. The van der Waals surface area contributed by atoms with Crippen molar-refractivity contribution in [1.82, 2.24) is 4.90 Å². The van der Waals surface area contributed by atoms with Gasteiger partial charge in [-0.15, -0.1) is 0 Å². The van der Waals surface area contributed by atoms with E-state index >= 15 is 4.79 Å². The first-order valence-electron chi connectivity index (χ1n) is 26.6. The van der Waals surface area contributed by atoms with Gasteiger partial charge in [-0.2, -0.15) is 0 Å². The highest BCUT2D eigenvalue weighted by Crippen LogP contribution is 2.44. The Bertz CT molecular complexity index is 1850. The Balaban J connectivity index is 1.87. The molecular formula is C55H97NO12Si2. The third-order valence-electron chi connectivity index (χ3n) is 17.3. The molecular weight excluding hydrogens is 923 g/mol. The number of methoxy groups -OCH3 is 3. The van der Waals surface area contributed by atoms with Crippen molar-refractivity contribution in [2.75, 3.05) is 27.9 Å². The molecule has 0 spiro atoms. The minimum absolute atomic E-state index is 0.0335. The molecule has 1 N–H and O–H groups in total. The van der Waals surface area contributed by atoms with Gasteiger partial charge in [-0.1, -0.05) is 87.0 Å². The molecule has 1 aliphatic carbocycles. The molecule has 2 saturated heterocycles. The van der Waals surface area contributed by atoms with Gasteiger partial charge in [0.25, 0.3) is 11.7 Å². The van der Waals surface area contributed by atoms with E-state index in [0.717, 1.165) is 30.4 Å². The third-order valence-corrected chi connectivity index (χ3v) is 26.4. The van der Waals surface area contributed by atoms with Crippen LogP contribution in [0.3, 0.4) is 0 Å². The van der Waals surface area contributed by atoms with E-state index < -0.39 is 88.5 Å². The number of ketones is 2. The van der Waals surface area contributed by atoms with Gasteiger partial charge < -0.3 is 42.5 Å². The van der Waals surface area contributed by atoms with Gasteiger partial charge >= 0.3 is 5.97 Å². The maximum atomic E-state index is 15.0. The lowest BCUT2D eigenvalue weighted by atomic mass is 9.81. The lowest BCUT2D eigenvalue weighted by molar-refractivity contribution is -0.302. The highest BCUT2D eigenvalue weighted by atomic mass is 28.4. The molecule has 0 aromatic rings. The van der Waals surface area contributed by atoms with E-state index in [1.165, 1.54) is 4.90 Å². The van der Waals surface area contributed by atoms with Gasteiger partial charge in [-0.05, 0) is 132 Å². The van der Waals surface area contributed by atoms with Crippen LogP contribution in [0.1, 0.15) is 154 Å². The molecule has 402 valence electrons. The van der Waals surface area contributed by atoms with Crippen molar-refractivity contribution in [3.8, 4) is 0 Å². The Morgan fingerprint density at radius 3 is 1.93 bits per heavy atom. The SMILES string of the molecule is CC[C@@H]1/C=C(/C)C[C@H](C)CC(OC)[C@H]2O[C@@](O)(C(=O)C(=O)N3CCCC[C@H]3C(=O)O[C@H](/C(C)=C/[C@@H]3CC[C@@H](O[Si](C)(C)C(C)(C)C)[C@H](OC)C3)[C@@H](C)C(O[Si](C)(C)C(C)(C)C)CC1=O)[C@H](C)C[C@@H]2OC. The van der Waals surface area contributed by atoms with Crippen LogP contribution in [-0.2, 0) is 51.7 Å². The van der Waals surface area contributed by atoms with Gasteiger partial charge in [0.05, 0.1) is 30.5 Å². The van der Waals surface area contributed by atoms with Crippen LogP contribution < -0.4 is 0 Å². The monoisotopic (exact) mass is 1020 g/mol. The number of Topliss-reactive ketones (excluding diaryl/α,β-unsaturated/α-hetero) is 2. The van der Waals surface area contributed by atoms with Gasteiger partial charge in [0, 0.05) is 52.0 Å². The van der Waals surface area contributed by atoms with E-state index in [9.17, 15) is 19.5 Å². The molecule has 4 aliphatic rings. The summed E-state index contributed by atoms with van der Waals surface area (Å²) >= 11 is 0. The van der Waals surface area contributed by atoms with E-state index in [4.69, 9.17) is 32.5 Å². The molecule has 3 aliphatic heterocycles. The maximum Gasteiger partial charge on any atom is 0.329 e. The smallest absolute Gasteiger partial charge is 0.329 e. The number of ether oxygens (including phenoxy) is 5. The zero-order chi connectivity index (χ0) is 52.9. The number of fused-ring (bicyclic) bond motifs is 3. The second-order valence-electron chi connectivity index (χ2n) is 24.9. The van der Waals surface area contributed by atoms with Crippen molar-refractivity contribution < 1.29 is 56.8 Å². The molecule has 13 nitrogen and oxygen atoms in total. The summed E-state index contributed by atoms with van der Waals surface area (Å²) in [7, 11) is 0.260. The van der Waals surface area contributed by atoms with Crippen molar-refractivity contribution in [1.29, 1.82) is 0 Å². The van der Waals surface area contributed by atoms with E-state index in [1.807, 2.05) is 20.8 Å². The first-order valence-corrected chi connectivity index (χ1v) is 32.5. The maximum absolute atomic E-state index is 15.0. The normalized spacial score (nSPS) is 36.7. The van der Waals surface area contributed by atoms with Crippen LogP contribution in [0, 0.1) is 29.6 Å². The molecule has 14 atom stereocenters. The molecule has 2 bridgehead atoms. The number of esters is 1. The molecule has 4 rings (SSSR count). The number of amides is 1. The summed E-state index contributed by atoms with van der Waals surface area (Å²) in [5, 5.41) is 12.1. The minimum atomic E-state index is -2.54. The second-order valence-corrected chi connectivity index (χ2v) is 34.4. The Kier molecular flexibility index (Phi) is 21.2. The number of aliphatic hydroxyl groups is 1. The Morgan fingerprint density at radius 1 is 0.800 bits per heavy atom. The first-order chi connectivity index (χ1) is 32.4. The first kappa shape index (κ1) is 60.5. The number of nitrogens with zero attached hydrogens (tertiary/aromatic N) is 1. The van der Waals surface area contributed by atoms with Crippen LogP contribution in [0.25, 0.3) is 0 Å². The van der Waals surface area contributed by atoms with E-state index in [1.54, 1.807) is 28.3 Å². The minimum Gasteiger partial charge on any atom is -0.456 e. The lowest BCUT2D eigenvalue weighted by Gasteiger charge is -2.47. The average Bonchev–Trinajstić information content (AvgIpc) is 3.27. The van der Waals surface area contributed by atoms with Crippen molar-refractivity contribution >= 4 is 40.1 Å². The standard InChI is InChI=1S/C55H97NO12Si2/c1-20-40-28-34(2)27-35(3)29-46(63-14)49-47(64-15)31-37(5)55(61,66-49)50(58)51(59)56-26-22-21-23-41(56)52(60)65-48(38(6)44(33-42(40)57)68-70(18,19)54(10,11)12)36(4)30-39-24-25-43(45(32-39)62-13)67-69(16,17)53(7,8)9/h28,30,35,37-41,43-49,61H,20-27,29,31-33H2,1-19H3/b34-28-,36-30+/t35-,37+,38-,39-,40+,41-,43+,44?,45+,46?,47-,48+,49+,55+/m0/s1. The molecule has 1 amide bonds. The van der Waals surface area contributed by atoms with Crippen LogP contribution in [0.4, 0.5) is 0 Å². The predicted octanol–water partition coefficient (Wildman–Crippen LogP) is 10.5. The second kappa shape index (κ2) is 24.5. The topological polar surface area (TPSA) is 156 Å². The molecule has 0 aromatic carbocycles. The fraction of sp³-hybridized carbons (Fsp3) is 0.855. The lowest BCUT2D eigenvalue weighted by Crippen LogP contribution is -2.64. The molecule has 3 heterocycles. The van der Waals surface area contributed by atoms with Gasteiger partial charge in [0.2, 0.25) is 5.79 Å². The van der Waals surface area contributed by atoms with Crippen molar-refractivity contribution in [3.63, 3.8) is 0 Å². The average molecular weight is 1020 g/mol. The predicted molar refractivity (Wildman–Crippen MR) is 280 cm³/mol. The Morgan fingerprint density at radius 2 is 1.37 bits per heavy atom. The number of carbonyl (C=O) groups excluding carboxylic acids is 4. The Hall–Kier alpha value is -2.09. The molecule has 3 fully saturated rings. The van der Waals surface area contributed by atoms with Gasteiger partial charge in [0.15, 0.2) is 16.6 Å². The summed E-state index contributed by atoms with van der Waals surface area (Å²) < 4.78 is 45.4. The summed E-state index contributed by atoms with van der Waals surface area (Å²) in [6, 6.07) is -1.10. The summed E-state index contributed by atoms with van der Waals surface area (Å²) in [6.07, 6.45) is 6.65. The van der Waals surface area contributed by atoms with Gasteiger partial charge in [-0.3, -0.25) is 14.4 Å². The highest BCUT2D eigenvalue weighted by molar-refractivity contribution is 6.74. The molecule has 2 unspecified atom stereocenters. The highest BCUT2D eigenvalue weighted by Gasteiger charge is 2.57. The van der Waals surface area contributed by atoms with Crippen molar-refractivity contribution in [2.45, 2.75) is 245 Å². The molecule has 70 heavy (non-hydrogen) atoms. The number of hydrogen-bond donors (Lipinski definition) is 1. The van der Waals surface area contributed by atoms with Gasteiger partial charge in [-0.25, -0.2) is 4.79 Å². The summed E-state index contributed by atoms with van der Waals surface area (Å²) in [6.45, 7) is 34.2. The fourth-order valence-corrected chi connectivity index (χ4v) is 13.5. The number of allylic oxidation sites excluding steroid dienone is 3. The van der Waals surface area contributed by atoms with Crippen molar-refractivity contribution in [2.24, 2.45) is 29.6 Å². The van der Waals surface area contributed by atoms with Crippen LogP contribution in [0.2, 0.25) is 36.3 Å². The quantitative estimate of drug-likeness (QED) is 0.0958.